The zero-order valence-electron chi connectivity index (χ0n) is 10.3. The summed E-state index contributed by atoms with van der Waals surface area (Å²) in [6, 6.07) is 11.4. The number of hydrogen-bond acceptors (Lipinski definition) is 1. The van der Waals surface area contributed by atoms with Crippen molar-refractivity contribution in [2.75, 3.05) is 6.54 Å². The van der Waals surface area contributed by atoms with Gasteiger partial charge in [-0.3, -0.25) is 0 Å². The van der Waals surface area contributed by atoms with Crippen LogP contribution in [0.4, 0.5) is 8.78 Å². The highest BCUT2D eigenvalue weighted by atomic mass is 79.9. The summed E-state index contributed by atoms with van der Waals surface area (Å²) in [5.74, 6) is -0.436. The van der Waals surface area contributed by atoms with Crippen LogP contribution in [-0.2, 0) is 13.0 Å². The maximum absolute atomic E-state index is 13.4. The summed E-state index contributed by atoms with van der Waals surface area (Å²) in [5, 5.41) is 3.22. The SMILES string of the molecule is Fc1ccc(CNCCc2ccccc2F)c(Br)c1. The molecule has 0 aliphatic heterocycles. The quantitative estimate of drug-likeness (QED) is 0.817. The van der Waals surface area contributed by atoms with Crippen LogP contribution >= 0.6 is 15.9 Å². The Morgan fingerprint density at radius 2 is 1.79 bits per heavy atom. The molecule has 2 aromatic carbocycles. The number of benzene rings is 2. The minimum atomic E-state index is -0.262. The summed E-state index contributed by atoms with van der Waals surface area (Å²) < 4.78 is 27.0. The van der Waals surface area contributed by atoms with E-state index < -0.39 is 0 Å². The van der Waals surface area contributed by atoms with Crippen molar-refractivity contribution >= 4 is 15.9 Å². The molecule has 0 saturated carbocycles. The summed E-state index contributed by atoms with van der Waals surface area (Å²) in [7, 11) is 0. The lowest BCUT2D eigenvalue weighted by molar-refractivity contribution is 0.597. The van der Waals surface area contributed by atoms with Crippen LogP contribution in [-0.4, -0.2) is 6.54 Å². The third kappa shape index (κ3) is 4.11. The fourth-order valence-electron chi connectivity index (χ4n) is 1.81. The monoisotopic (exact) mass is 325 g/mol. The molecule has 0 spiro atoms. The predicted molar refractivity (Wildman–Crippen MR) is 75.9 cm³/mol. The first kappa shape index (κ1) is 14.2. The fraction of sp³-hybridized carbons (Fsp3) is 0.200. The largest absolute Gasteiger partial charge is 0.312 e. The van der Waals surface area contributed by atoms with Crippen molar-refractivity contribution in [1.82, 2.24) is 5.32 Å². The molecular weight excluding hydrogens is 312 g/mol. The molecule has 0 atom stereocenters. The third-order valence-electron chi connectivity index (χ3n) is 2.86. The van der Waals surface area contributed by atoms with Gasteiger partial charge >= 0.3 is 0 Å². The molecular formula is C15H14BrF2N. The van der Waals surface area contributed by atoms with E-state index in [0.717, 1.165) is 10.0 Å². The van der Waals surface area contributed by atoms with Crippen molar-refractivity contribution in [3.8, 4) is 0 Å². The number of halogens is 3. The average Bonchev–Trinajstić information content (AvgIpc) is 2.38. The molecule has 0 radical (unpaired) electrons. The molecule has 0 aliphatic carbocycles. The maximum Gasteiger partial charge on any atom is 0.126 e. The Balaban J connectivity index is 1.83. The van der Waals surface area contributed by atoms with Crippen molar-refractivity contribution in [2.24, 2.45) is 0 Å². The van der Waals surface area contributed by atoms with Crippen LogP contribution < -0.4 is 5.32 Å². The molecule has 1 N–H and O–H groups in total. The van der Waals surface area contributed by atoms with Gasteiger partial charge < -0.3 is 5.32 Å². The highest BCUT2D eigenvalue weighted by molar-refractivity contribution is 9.10. The molecule has 2 aromatic rings. The van der Waals surface area contributed by atoms with Gasteiger partial charge in [-0.25, -0.2) is 8.78 Å². The van der Waals surface area contributed by atoms with E-state index in [4.69, 9.17) is 0 Å². The second-order valence-corrected chi connectivity index (χ2v) is 5.11. The molecule has 19 heavy (non-hydrogen) atoms. The highest BCUT2D eigenvalue weighted by Gasteiger charge is 2.02. The fourth-order valence-corrected chi connectivity index (χ4v) is 2.30. The molecule has 0 fully saturated rings. The van der Waals surface area contributed by atoms with Crippen LogP contribution in [0, 0.1) is 11.6 Å². The first-order chi connectivity index (χ1) is 9.16. The standard InChI is InChI=1S/C15H14BrF2N/c16-14-9-13(17)6-5-12(14)10-19-8-7-11-3-1-2-4-15(11)18/h1-6,9,19H,7-8,10H2. The van der Waals surface area contributed by atoms with E-state index in [9.17, 15) is 8.78 Å². The zero-order valence-corrected chi connectivity index (χ0v) is 11.9. The number of rotatable bonds is 5. The minimum absolute atomic E-state index is 0.174. The normalized spacial score (nSPS) is 10.7. The molecule has 2 rings (SSSR count). The van der Waals surface area contributed by atoms with E-state index in [-0.39, 0.29) is 11.6 Å². The van der Waals surface area contributed by atoms with Gasteiger partial charge in [-0.2, -0.15) is 0 Å². The first-order valence-corrected chi connectivity index (χ1v) is 6.84. The maximum atomic E-state index is 13.4. The van der Waals surface area contributed by atoms with E-state index >= 15 is 0 Å². The second-order valence-electron chi connectivity index (χ2n) is 4.25. The number of hydrogen-bond donors (Lipinski definition) is 1. The Hall–Kier alpha value is -1.26. The van der Waals surface area contributed by atoms with Crippen LogP contribution in [0.5, 0.6) is 0 Å². The molecule has 4 heteroatoms. The van der Waals surface area contributed by atoms with Gasteiger partial charge in [0.25, 0.3) is 0 Å². The number of nitrogens with one attached hydrogen (secondary N) is 1. The van der Waals surface area contributed by atoms with Crippen molar-refractivity contribution in [2.45, 2.75) is 13.0 Å². The summed E-state index contributed by atoms with van der Waals surface area (Å²) in [6.45, 7) is 1.29. The first-order valence-electron chi connectivity index (χ1n) is 6.05. The minimum Gasteiger partial charge on any atom is -0.312 e. The lowest BCUT2D eigenvalue weighted by atomic mass is 10.1. The molecule has 0 aliphatic rings. The van der Waals surface area contributed by atoms with Crippen molar-refractivity contribution in [1.29, 1.82) is 0 Å². The molecule has 1 nitrogen and oxygen atoms in total. The molecule has 0 heterocycles. The van der Waals surface area contributed by atoms with Gasteiger partial charge in [0.1, 0.15) is 11.6 Å². The van der Waals surface area contributed by atoms with Gasteiger partial charge in [-0.15, -0.1) is 0 Å². The van der Waals surface area contributed by atoms with E-state index in [1.54, 1.807) is 18.2 Å². The molecule has 0 bridgehead atoms. The molecule has 0 amide bonds. The predicted octanol–water partition coefficient (Wildman–Crippen LogP) is 4.06. The Morgan fingerprint density at radius 3 is 2.53 bits per heavy atom. The summed E-state index contributed by atoms with van der Waals surface area (Å²) in [4.78, 5) is 0. The Kier molecular flexibility index (Phi) is 5.05. The van der Waals surface area contributed by atoms with Crippen molar-refractivity contribution in [3.63, 3.8) is 0 Å². The van der Waals surface area contributed by atoms with Gasteiger partial charge in [0, 0.05) is 11.0 Å². The van der Waals surface area contributed by atoms with E-state index in [2.05, 4.69) is 21.2 Å². The average molecular weight is 326 g/mol. The van der Waals surface area contributed by atoms with Crippen LogP contribution in [0.15, 0.2) is 46.9 Å². The van der Waals surface area contributed by atoms with Gasteiger partial charge in [-0.05, 0) is 42.3 Å². The lowest BCUT2D eigenvalue weighted by Crippen LogP contribution is -2.17. The van der Waals surface area contributed by atoms with Crippen molar-refractivity contribution < 1.29 is 8.78 Å². The molecule has 0 aromatic heterocycles. The summed E-state index contributed by atoms with van der Waals surface area (Å²) >= 11 is 3.32. The van der Waals surface area contributed by atoms with Crippen LogP contribution in [0.25, 0.3) is 0 Å². The molecule has 100 valence electrons. The van der Waals surface area contributed by atoms with E-state index in [1.165, 1.54) is 18.2 Å². The topological polar surface area (TPSA) is 12.0 Å². The van der Waals surface area contributed by atoms with Gasteiger partial charge in [0.2, 0.25) is 0 Å². The van der Waals surface area contributed by atoms with Gasteiger partial charge in [0.15, 0.2) is 0 Å². The van der Waals surface area contributed by atoms with Crippen LogP contribution in [0.3, 0.4) is 0 Å². The Bertz CT molecular complexity index is 558. The van der Waals surface area contributed by atoms with Crippen LogP contribution in [0.1, 0.15) is 11.1 Å². The highest BCUT2D eigenvalue weighted by Crippen LogP contribution is 2.17. The summed E-state index contributed by atoms with van der Waals surface area (Å²) in [6.07, 6.45) is 0.630. The summed E-state index contributed by atoms with van der Waals surface area (Å²) in [5.41, 5.74) is 1.68. The van der Waals surface area contributed by atoms with E-state index in [1.807, 2.05) is 6.07 Å². The third-order valence-corrected chi connectivity index (χ3v) is 3.60. The Morgan fingerprint density at radius 1 is 1.00 bits per heavy atom. The second kappa shape index (κ2) is 6.78. The lowest BCUT2D eigenvalue weighted by Gasteiger charge is -2.07. The van der Waals surface area contributed by atoms with Gasteiger partial charge in [-0.1, -0.05) is 40.2 Å². The van der Waals surface area contributed by atoms with Crippen LogP contribution in [0.2, 0.25) is 0 Å². The molecule has 0 saturated heterocycles. The van der Waals surface area contributed by atoms with Crippen molar-refractivity contribution in [3.05, 3.63) is 69.7 Å². The van der Waals surface area contributed by atoms with Gasteiger partial charge in [0.05, 0.1) is 0 Å². The smallest absolute Gasteiger partial charge is 0.126 e. The van der Waals surface area contributed by atoms with E-state index in [0.29, 0.717) is 25.1 Å². The molecule has 0 unspecified atom stereocenters. The zero-order chi connectivity index (χ0) is 13.7. The Labute approximate surface area is 119 Å².